The Morgan fingerprint density at radius 2 is 2.08 bits per heavy atom. The third-order valence-corrected chi connectivity index (χ3v) is 9.49. The third-order valence-electron chi connectivity index (χ3n) is 9.49. The average molecular weight is 509 g/mol. The van der Waals surface area contributed by atoms with Crippen LogP contribution in [0.4, 0.5) is 19.0 Å². The molecule has 7 nitrogen and oxygen atoms in total. The van der Waals surface area contributed by atoms with Gasteiger partial charge in [-0.25, -0.2) is 4.98 Å². The number of nitrogens with one attached hydrogen (secondary N) is 1. The molecule has 10 heteroatoms. The molecule has 3 aliphatic heterocycles. The number of pyridine rings is 1. The van der Waals surface area contributed by atoms with E-state index in [1.54, 1.807) is 7.11 Å². The molecule has 1 aromatic heterocycles. The van der Waals surface area contributed by atoms with Gasteiger partial charge >= 0.3 is 6.18 Å². The number of hydrogen-bond acceptors (Lipinski definition) is 6. The molecule has 1 amide bonds. The van der Waals surface area contributed by atoms with Gasteiger partial charge in [-0.3, -0.25) is 4.79 Å². The molecule has 6 rings (SSSR count). The van der Waals surface area contributed by atoms with Gasteiger partial charge in [0.05, 0.1) is 35.8 Å². The fraction of sp³-hybridized carbons (Fsp3) is 0.769. The lowest BCUT2D eigenvalue weighted by molar-refractivity contribution is -0.144. The summed E-state index contributed by atoms with van der Waals surface area (Å²) in [7, 11) is 1.73. The lowest BCUT2D eigenvalue weighted by Crippen LogP contribution is -2.54. The summed E-state index contributed by atoms with van der Waals surface area (Å²) in [5.74, 6) is 1.28. The van der Waals surface area contributed by atoms with Crippen LogP contribution in [0.25, 0.3) is 0 Å². The Labute approximate surface area is 209 Å². The number of amides is 1. The van der Waals surface area contributed by atoms with Gasteiger partial charge < -0.3 is 24.6 Å². The normalized spacial score (nSPS) is 38.1. The van der Waals surface area contributed by atoms with E-state index in [0.29, 0.717) is 43.4 Å². The van der Waals surface area contributed by atoms with Crippen molar-refractivity contribution in [2.75, 3.05) is 38.3 Å². The standard InChI is InChI=1S/C26H35F3N4O3/c1-35-22-15-36-8-6-21(22)31-18-9-16-3-2-7-25(16,11-18)24(34)33-14-19-10-20(33)13-32(19)23-5-4-17(12-30-23)26(27,28)29/h4-5,12,16,18-22,31H,2-3,6-11,13-15H2,1H3/t16-,18-,19-,20+,21+,22-,25-/m1/s1. The zero-order chi connectivity index (χ0) is 25.1. The van der Waals surface area contributed by atoms with E-state index in [4.69, 9.17) is 9.47 Å². The first-order chi connectivity index (χ1) is 17.3. The van der Waals surface area contributed by atoms with Crippen LogP contribution in [-0.4, -0.2) is 79.5 Å². The van der Waals surface area contributed by atoms with Gasteiger partial charge in [-0.1, -0.05) is 6.42 Å². The number of rotatable bonds is 5. The molecule has 2 bridgehead atoms. The number of alkyl halides is 3. The van der Waals surface area contributed by atoms with Crippen molar-refractivity contribution in [1.29, 1.82) is 0 Å². The van der Waals surface area contributed by atoms with E-state index in [-0.39, 0.29) is 29.6 Å². The highest BCUT2D eigenvalue weighted by atomic mass is 19.4. The van der Waals surface area contributed by atoms with Crippen molar-refractivity contribution >= 4 is 11.7 Å². The first-order valence-electron chi connectivity index (χ1n) is 13.3. The van der Waals surface area contributed by atoms with Gasteiger partial charge in [0.1, 0.15) is 5.82 Å². The van der Waals surface area contributed by atoms with E-state index in [9.17, 15) is 18.0 Å². The maximum Gasteiger partial charge on any atom is 0.417 e. The van der Waals surface area contributed by atoms with Crippen LogP contribution in [0, 0.1) is 11.3 Å². The van der Waals surface area contributed by atoms with E-state index >= 15 is 0 Å². The number of fused-ring (bicyclic) bond motifs is 3. The fourth-order valence-electron chi connectivity index (χ4n) is 7.76. The molecule has 7 atom stereocenters. The lowest BCUT2D eigenvalue weighted by Gasteiger charge is -2.40. The van der Waals surface area contributed by atoms with Crippen molar-refractivity contribution in [1.82, 2.24) is 15.2 Å². The Kier molecular flexibility index (Phi) is 6.20. The minimum absolute atomic E-state index is 0.0462. The number of aromatic nitrogens is 1. The third kappa shape index (κ3) is 4.09. The number of carbonyl (C=O) groups excluding carboxylic acids is 1. The van der Waals surface area contributed by atoms with Crippen molar-refractivity contribution in [2.45, 2.75) is 81.4 Å². The Bertz CT molecular complexity index is 976. The van der Waals surface area contributed by atoms with Crippen LogP contribution in [0.3, 0.4) is 0 Å². The first-order valence-corrected chi connectivity index (χ1v) is 13.3. The van der Waals surface area contributed by atoms with E-state index in [0.717, 1.165) is 63.8 Å². The number of methoxy groups -OCH3 is 1. The molecule has 2 aliphatic carbocycles. The Morgan fingerprint density at radius 3 is 2.78 bits per heavy atom. The lowest BCUT2D eigenvalue weighted by atomic mass is 9.78. The Balaban J connectivity index is 1.12. The van der Waals surface area contributed by atoms with E-state index in [1.165, 1.54) is 6.07 Å². The molecule has 198 valence electrons. The van der Waals surface area contributed by atoms with Gasteiger partial charge in [0.2, 0.25) is 5.91 Å². The topological polar surface area (TPSA) is 66.9 Å². The minimum atomic E-state index is -4.39. The Morgan fingerprint density at radius 1 is 1.22 bits per heavy atom. The van der Waals surface area contributed by atoms with Crippen LogP contribution in [0.1, 0.15) is 50.5 Å². The number of likely N-dealkylation sites (tertiary alicyclic amines) is 1. The molecule has 36 heavy (non-hydrogen) atoms. The summed E-state index contributed by atoms with van der Waals surface area (Å²) in [6.45, 7) is 2.60. The summed E-state index contributed by atoms with van der Waals surface area (Å²) in [6.07, 6.45) is 3.41. The molecule has 5 aliphatic rings. The predicted molar refractivity (Wildman–Crippen MR) is 126 cm³/mol. The molecular weight excluding hydrogens is 473 g/mol. The molecule has 3 saturated heterocycles. The van der Waals surface area contributed by atoms with Gasteiger partial charge in [0, 0.05) is 45.1 Å². The van der Waals surface area contributed by atoms with E-state index in [1.807, 2.05) is 0 Å². The molecule has 0 unspecified atom stereocenters. The summed E-state index contributed by atoms with van der Waals surface area (Å²) >= 11 is 0. The second-order valence-electron chi connectivity index (χ2n) is 11.3. The molecule has 0 spiro atoms. The number of anilines is 1. The van der Waals surface area contributed by atoms with Crippen LogP contribution < -0.4 is 10.2 Å². The van der Waals surface area contributed by atoms with Crippen molar-refractivity contribution in [2.24, 2.45) is 11.3 Å². The largest absolute Gasteiger partial charge is 0.417 e. The molecule has 1 aromatic rings. The van der Waals surface area contributed by atoms with Crippen molar-refractivity contribution < 1.29 is 27.4 Å². The molecule has 1 N–H and O–H groups in total. The fourth-order valence-corrected chi connectivity index (χ4v) is 7.76. The number of halogens is 3. The monoisotopic (exact) mass is 508 g/mol. The quantitative estimate of drug-likeness (QED) is 0.659. The maximum absolute atomic E-state index is 14.1. The maximum atomic E-state index is 14.1. The SMILES string of the molecule is CO[C@@H]1COCC[C@@H]1N[C@@H]1C[C@H]2CCC[C@@]2(C(=O)N2C[C@H]3C[C@H]2CN3c2ccc(C(F)(F)F)cn2)C1. The second kappa shape index (κ2) is 9.13. The highest BCUT2D eigenvalue weighted by Gasteiger charge is 2.59. The molecule has 4 heterocycles. The zero-order valence-electron chi connectivity index (χ0n) is 20.7. The van der Waals surface area contributed by atoms with Crippen molar-refractivity contribution in [3.63, 3.8) is 0 Å². The van der Waals surface area contributed by atoms with E-state index in [2.05, 4.69) is 20.1 Å². The zero-order valence-corrected chi connectivity index (χ0v) is 20.7. The van der Waals surface area contributed by atoms with Crippen LogP contribution in [0.2, 0.25) is 0 Å². The van der Waals surface area contributed by atoms with Gasteiger partial charge in [-0.2, -0.15) is 13.2 Å². The van der Waals surface area contributed by atoms with Gasteiger partial charge in [0.25, 0.3) is 0 Å². The minimum Gasteiger partial charge on any atom is -0.379 e. The highest BCUT2D eigenvalue weighted by molar-refractivity contribution is 5.85. The summed E-state index contributed by atoms with van der Waals surface area (Å²) in [5.41, 5.74) is -1.02. The molecule has 0 radical (unpaired) electrons. The summed E-state index contributed by atoms with van der Waals surface area (Å²) < 4.78 is 50.0. The number of ether oxygens (including phenoxy) is 2. The molecule has 2 saturated carbocycles. The predicted octanol–water partition coefficient (Wildman–Crippen LogP) is 3.23. The molecule has 0 aromatic carbocycles. The van der Waals surface area contributed by atoms with Crippen LogP contribution in [-0.2, 0) is 20.4 Å². The second-order valence-corrected chi connectivity index (χ2v) is 11.3. The average Bonchev–Trinajstić information content (AvgIpc) is 3.63. The van der Waals surface area contributed by atoms with Crippen molar-refractivity contribution in [3.05, 3.63) is 23.9 Å². The first kappa shape index (κ1) is 24.4. The number of piperazine rings is 1. The molecule has 5 fully saturated rings. The van der Waals surface area contributed by atoms with Crippen LogP contribution in [0.5, 0.6) is 0 Å². The summed E-state index contributed by atoms with van der Waals surface area (Å²) in [5, 5.41) is 3.82. The smallest absolute Gasteiger partial charge is 0.379 e. The van der Waals surface area contributed by atoms with Gasteiger partial charge in [-0.15, -0.1) is 0 Å². The van der Waals surface area contributed by atoms with Crippen LogP contribution in [0.15, 0.2) is 18.3 Å². The summed E-state index contributed by atoms with van der Waals surface area (Å²) in [4.78, 5) is 22.4. The number of hydrogen-bond donors (Lipinski definition) is 1. The number of nitrogens with zero attached hydrogens (tertiary/aromatic N) is 3. The van der Waals surface area contributed by atoms with E-state index < -0.39 is 11.7 Å². The Hall–Kier alpha value is -1.91. The van der Waals surface area contributed by atoms with Crippen molar-refractivity contribution in [3.8, 4) is 0 Å². The highest BCUT2D eigenvalue weighted by Crippen LogP contribution is 2.56. The number of carbonyl (C=O) groups is 1. The molecular formula is C26H35F3N4O3. The van der Waals surface area contributed by atoms with Crippen LogP contribution >= 0.6 is 0 Å². The van der Waals surface area contributed by atoms with Gasteiger partial charge in [0.15, 0.2) is 0 Å². The summed E-state index contributed by atoms with van der Waals surface area (Å²) in [6, 6.07) is 3.33. The van der Waals surface area contributed by atoms with Gasteiger partial charge in [-0.05, 0) is 56.6 Å².